The second kappa shape index (κ2) is 5.60. The molecule has 5 nitrogen and oxygen atoms in total. The zero-order valence-electron chi connectivity index (χ0n) is 11.7. The van der Waals surface area contributed by atoms with E-state index in [-0.39, 0.29) is 5.54 Å². The Hall–Kier alpha value is -1.69. The van der Waals surface area contributed by atoms with Crippen molar-refractivity contribution in [3.8, 4) is 0 Å². The van der Waals surface area contributed by atoms with Crippen molar-refractivity contribution in [1.29, 1.82) is 0 Å². The summed E-state index contributed by atoms with van der Waals surface area (Å²) in [6, 6.07) is 7.87. The highest BCUT2D eigenvalue weighted by molar-refractivity contribution is 8.13. The van der Waals surface area contributed by atoms with E-state index in [4.69, 9.17) is 15.8 Å². The van der Waals surface area contributed by atoms with Gasteiger partial charge in [0.2, 0.25) is 0 Å². The molecule has 0 saturated heterocycles. The van der Waals surface area contributed by atoms with Gasteiger partial charge in [-0.15, -0.1) is 0 Å². The molecule has 3 rings (SSSR count). The summed E-state index contributed by atoms with van der Waals surface area (Å²) in [6.45, 7) is 0. The minimum Gasteiger partial charge on any atom is -0.465 e. The normalized spacial score (nSPS) is 28.4. The second-order valence-electron chi connectivity index (χ2n) is 5.65. The lowest BCUT2D eigenvalue weighted by atomic mass is 9.70. The molecule has 1 aliphatic heterocycles. The number of fused-ring (bicyclic) bond motifs is 1. The number of carbonyl (C=O) groups is 1. The molecule has 1 saturated carbocycles. The Morgan fingerprint density at radius 3 is 3.10 bits per heavy atom. The number of hydrogen-bond acceptors (Lipinski definition) is 4. The van der Waals surface area contributed by atoms with E-state index in [1.165, 1.54) is 18.2 Å². The van der Waals surface area contributed by atoms with Crippen molar-refractivity contribution in [2.75, 3.05) is 11.5 Å². The number of amides is 1. The van der Waals surface area contributed by atoms with Crippen LogP contribution in [0, 0.1) is 5.92 Å². The molecule has 112 valence electrons. The van der Waals surface area contributed by atoms with Crippen LogP contribution in [-0.4, -0.2) is 22.1 Å². The molecular formula is C15H19N3O2S. The molecular weight excluding hydrogens is 286 g/mol. The van der Waals surface area contributed by atoms with E-state index >= 15 is 0 Å². The number of rotatable bonds is 1. The molecule has 2 aliphatic rings. The zero-order valence-corrected chi connectivity index (χ0v) is 12.5. The topological polar surface area (TPSA) is 87.7 Å². The largest absolute Gasteiger partial charge is 0.465 e. The van der Waals surface area contributed by atoms with Crippen LogP contribution < -0.4 is 11.1 Å². The predicted octanol–water partition coefficient (Wildman–Crippen LogP) is 3.02. The molecule has 1 aromatic rings. The quantitative estimate of drug-likeness (QED) is 0.696. The van der Waals surface area contributed by atoms with Gasteiger partial charge in [0, 0.05) is 11.4 Å². The summed E-state index contributed by atoms with van der Waals surface area (Å²) < 4.78 is 0. The molecule has 1 heterocycles. The monoisotopic (exact) mass is 305 g/mol. The third-order valence-electron chi connectivity index (χ3n) is 4.36. The van der Waals surface area contributed by atoms with E-state index in [1.807, 2.05) is 18.2 Å². The number of amidine groups is 1. The van der Waals surface area contributed by atoms with E-state index in [1.54, 1.807) is 0 Å². The highest BCUT2D eigenvalue weighted by atomic mass is 32.2. The Kier molecular flexibility index (Phi) is 3.80. The number of nitrogens with one attached hydrogen (secondary N) is 1. The van der Waals surface area contributed by atoms with Crippen molar-refractivity contribution in [2.24, 2.45) is 10.9 Å². The third kappa shape index (κ3) is 2.72. The highest BCUT2D eigenvalue weighted by Gasteiger charge is 2.45. The van der Waals surface area contributed by atoms with Crippen LogP contribution in [0.15, 0.2) is 29.3 Å². The molecule has 0 spiro atoms. The van der Waals surface area contributed by atoms with Gasteiger partial charge in [-0.05, 0) is 36.5 Å². The van der Waals surface area contributed by atoms with E-state index < -0.39 is 6.09 Å². The fourth-order valence-electron chi connectivity index (χ4n) is 3.40. The predicted molar refractivity (Wildman–Crippen MR) is 85.5 cm³/mol. The van der Waals surface area contributed by atoms with E-state index in [2.05, 4.69) is 11.4 Å². The Morgan fingerprint density at radius 1 is 1.48 bits per heavy atom. The van der Waals surface area contributed by atoms with Gasteiger partial charge in [-0.25, -0.2) is 4.79 Å². The third-order valence-corrected chi connectivity index (χ3v) is 5.39. The number of nitrogen functional groups attached to an aromatic ring is 1. The lowest BCUT2D eigenvalue weighted by molar-refractivity contribution is 0.198. The van der Waals surface area contributed by atoms with Gasteiger partial charge in [0.25, 0.3) is 0 Å². The second-order valence-corrected chi connectivity index (χ2v) is 6.66. The number of carboxylic acid groups (broad SMARTS) is 1. The standard InChI is InChI=1S/C15H19N3O2S/c16-12-6-3-5-10(8-12)15-7-2-1-4-11(15)9-21-13(18-15)17-14(19)20/h3,5-6,8,11H,1-2,4,7,9,16H2,(H,17,18)(H,19,20). The van der Waals surface area contributed by atoms with Crippen LogP contribution in [-0.2, 0) is 5.54 Å². The fourth-order valence-corrected chi connectivity index (χ4v) is 4.59. The van der Waals surface area contributed by atoms with Crippen LogP contribution in [0.4, 0.5) is 10.5 Å². The van der Waals surface area contributed by atoms with Gasteiger partial charge in [-0.1, -0.05) is 36.7 Å². The summed E-state index contributed by atoms with van der Waals surface area (Å²) in [7, 11) is 0. The van der Waals surface area contributed by atoms with Gasteiger partial charge in [-0.3, -0.25) is 10.3 Å². The van der Waals surface area contributed by atoms with Crippen molar-refractivity contribution < 1.29 is 9.90 Å². The molecule has 1 amide bonds. The average Bonchev–Trinajstić information content (AvgIpc) is 2.46. The first kappa shape index (κ1) is 14.3. The number of nitrogens with zero attached hydrogens (tertiary/aromatic N) is 1. The maximum absolute atomic E-state index is 10.9. The van der Waals surface area contributed by atoms with Gasteiger partial charge in [0.05, 0.1) is 5.54 Å². The number of benzene rings is 1. The molecule has 21 heavy (non-hydrogen) atoms. The van der Waals surface area contributed by atoms with Crippen molar-refractivity contribution in [3.05, 3.63) is 29.8 Å². The van der Waals surface area contributed by atoms with Gasteiger partial charge in [0.15, 0.2) is 5.17 Å². The molecule has 0 radical (unpaired) electrons. The van der Waals surface area contributed by atoms with Crippen molar-refractivity contribution in [1.82, 2.24) is 5.32 Å². The highest BCUT2D eigenvalue weighted by Crippen LogP contribution is 2.49. The van der Waals surface area contributed by atoms with Gasteiger partial charge in [-0.2, -0.15) is 0 Å². The molecule has 2 atom stereocenters. The summed E-state index contributed by atoms with van der Waals surface area (Å²) in [6.07, 6.45) is 3.35. The summed E-state index contributed by atoms with van der Waals surface area (Å²) in [4.78, 5) is 15.7. The van der Waals surface area contributed by atoms with Crippen LogP contribution in [0.1, 0.15) is 31.2 Å². The molecule has 2 unspecified atom stereocenters. The van der Waals surface area contributed by atoms with Crippen molar-refractivity contribution in [3.63, 3.8) is 0 Å². The summed E-state index contributed by atoms with van der Waals surface area (Å²) in [5.74, 6) is 1.34. The first-order valence-corrected chi connectivity index (χ1v) is 8.17. The molecule has 1 aliphatic carbocycles. The van der Waals surface area contributed by atoms with Crippen LogP contribution in [0.25, 0.3) is 0 Å². The number of anilines is 1. The Labute approximate surface area is 128 Å². The number of hydrogen-bond donors (Lipinski definition) is 3. The SMILES string of the molecule is Nc1cccc(C23CCCCC2CSC(NC(=O)O)=N3)c1. The van der Waals surface area contributed by atoms with Crippen LogP contribution in [0.3, 0.4) is 0 Å². The molecule has 1 fully saturated rings. The first-order chi connectivity index (χ1) is 10.1. The average molecular weight is 305 g/mol. The van der Waals surface area contributed by atoms with Crippen LogP contribution >= 0.6 is 11.8 Å². The maximum Gasteiger partial charge on any atom is 0.410 e. The summed E-state index contributed by atoms with van der Waals surface area (Å²) >= 11 is 1.50. The number of aliphatic imine (C=N–C) groups is 1. The number of thioether (sulfide) groups is 1. The lowest BCUT2D eigenvalue weighted by Crippen LogP contribution is -2.44. The zero-order chi connectivity index (χ0) is 14.9. The maximum atomic E-state index is 10.9. The van der Waals surface area contributed by atoms with Gasteiger partial charge in [0.1, 0.15) is 0 Å². The van der Waals surface area contributed by atoms with Crippen molar-refractivity contribution in [2.45, 2.75) is 31.2 Å². The van der Waals surface area contributed by atoms with E-state index in [0.717, 1.165) is 36.3 Å². The first-order valence-electron chi connectivity index (χ1n) is 7.19. The molecule has 4 N–H and O–H groups in total. The Balaban J connectivity index is 2.05. The minimum absolute atomic E-state index is 0.323. The van der Waals surface area contributed by atoms with Crippen LogP contribution in [0.5, 0.6) is 0 Å². The lowest BCUT2D eigenvalue weighted by Gasteiger charge is -2.44. The van der Waals surface area contributed by atoms with Gasteiger partial charge < -0.3 is 10.8 Å². The van der Waals surface area contributed by atoms with E-state index in [9.17, 15) is 4.79 Å². The van der Waals surface area contributed by atoms with Crippen molar-refractivity contribution >= 4 is 28.7 Å². The Morgan fingerprint density at radius 2 is 2.33 bits per heavy atom. The molecule has 1 aromatic carbocycles. The number of nitrogens with two attached hydrogens (primary N) is 1. The minimum atomic E-state index is -1.06. The summed E-state index contributed by atoms with van der Waals surface area (Å²) in [5, 5.41) is 11.9. The fraction of sp³-hybridized carbons (Fsp3) is 0.467. The van der Waals surface area contributed by atoms with E-state index in [0.29, 0.717) is 11.1 Å². The Bertz CT molecular complexity index is 590. The molecule has 6 heteroatoms. The smallest absolute Gasteiger partial charge is 0.410 e. The molecule has 0 aromatic heterocycles. The summed E-state index contributed by atoms with van der Waals surface area (Å²) in [5.41, 5.74) is 7.45. The van der Waals surface area contributed by atoms with Crippen LogP contribution in [0.2, 0.25) is 0 Å². The van der Waals surface area contributed by atoms with Gasteiger partial charge >= 0.3 is 6.09 Å². The molecule has 0 bridgehead atoms.